The third-order valence-electron chi connectivity index (χ3n) is 1.84. The molecule has 78 valence electrons. The molecule has 0 aromatic heterocycles. The molecule has 0 aliphatic carbocycles. The average molecular weight is 202 g/mol. The van der Waals surface area contributed by atoms with E-state index >= 15 is 0 Å². The Kier molecular flexibility index (Phi) is 3.64. The molecule has 0 saturated heterocycles. The second-order valence-corrected chi connectivity index (χ2v) is 2.67. The first-order chi connectivity index (χ1) is 6.69. The van der Waals surface area contributed by atoms with E-state index in [4.69, 9.17) is 5.84 Å². The SMILES string of the molecule is CCc1cccc(NN)c1OC(F)F. The van der Waals surface area contributed by atoms with Crippen LogP contribution >= 0.6 is 0 Å². The summed E-state index contributed by atoms with van der Waals surface area (Å²) in [5.41, 5.74) is 3.38. The summed E-state index contributed by atoms with van der Waals surface area (Å²) in [4.78, 5) is 0. The maximum Gasteiger partial charge on any atom is 0.387 e. The fraction of sp³-hybridized carbons (Fsp3) is 0.333. The molecular weight excluding hydrogens is 190 g/mol. The Morgan fingerprint density at radius 2 is 2.21 bits per heavy atom. The average Bonchev–Trinajstić information content (AvgIpc) is 2.17. The van der Waals surface area contributed by atoms with Gasteiger partial charge in [0.05, 0.1) is 5.69 Å². The molecule has 0 radical (unpaired) electrons. The minimum atomic E-state index is -2.84. The van der Waals surface area contributed by atoms with Crippen molar-refractivity contribution in [2.75, 3.05) is 5.43 Å². The summed E-state index contributed by atoms with van der Waals surface area (Å²) >= 11 is 0. The Bertz CT molecular complexity index is 283. The minimum Gasteiger partial charge on any atom is -0.432 e. The predicted octanol–water partition coefficient (Wildman–Crippen LogP) is 2.14. The Labute approximate surface area is 80.8 Å². The van der Waals surface area contributed by atoms with Crippen molar-refractivity contribution >= 4 is 5.69 Å². The van der Waals surface area contributed by atoms with Crippen LogP contribution in [0.3, 0.4) is 0 Å². The summed E-state index contributed by atoms with van der Waals surface area (Å²) in [6.45, 7) is -0.983. The Morgan fingerprint density at radius 3 is 2.71 bits per heavy atom. The zero-order valence-corrected chi connectivity index (χ0v) is 7.76. The molecule has 0 atom stereocenters. The van der Waals surface area contributed by atoms with Crippen LogP contribution in [0.25, 0.3) is 0 Å². The molecular formula is C9H12F2N2O. The fourth-order valence-electron chi connectivity index (χ4n) is 1.21. The molecule has 0 bridgehead atoms. The molecule has 1 aromatic carbocycles. The van der Waals surface area contributed by atoms with E-state index in [1.165, 1.54) is 0 Å². The number of halogens is 2. The third-order valence-corrected chi connectivity index (χ3v) is 1.84. The van der Waals surface area contributed by atoms with E-state index in [0.717, 1.165) is 0 Å². The van der Waals surface area contributed by atoms with Crippen LogP contribution in [0.4, 0.5) is 14.5 Å². The largest absolute Gasteiger partial charge is 0.432 e. The van der Waals surface area contributed by atoms with E-state index < -0.39 is 6.61 Å². The monoisotopic (exact) mass is 202 g/mol. The van der Waals surface area contributed by atoms with Crippen molar-refractivity contribution in [2.45, 2.75) is 20.0 Å². The quantitative estimate of drug-likeness (QED) is 0.580. The number of anilines is 1. The maximum atomic E-state index is 12.1. The number of para-hydroxylation sites is 1. The summed E-state index contributed by atoms with van der Waals surface area (Å²) in [6.07, 6.45) is 0.609. The zero-order valence-electron chi connectivity index (χ0n) is 7.76. The van der Waals surface area contributed by atoms with Gasteiger partial charge in [0.15, 0.2) is 5.75 Å². The van der Waals surface area contributed by atoms with Gasteiger partial charge in [-0.25, -0.2) is 0 Å². The molecule has 0 unspecified atom stereocenters. The summed E-state index contributed by atoms with van der Waals surface area (Å²) in [5, 5.41) is 0. The Hall–Kier alpha value is -1.36. The van der Waals surface area contributed by atoms with Crippen LogP contribution in [-0.2, 0) is 6.42 Å². The number of hydrazine groups is 1. The minimum absolute atomic E-state index is 0.118. The lowest BCUT2D eigenvalue weighted by Crippen LogP contribution is -2.12. The van der Waals surface area contributed by atoms with Crippen molar-refractivity contribution in [3.05, 3.63) is 23.8 Å². The van der Waals surface area contributed by atoms with Gasteiger partial charge in [0, 0.05) is 0 Å². The van der Waals surface area contributed by atoms with Crippen molar-refractivity contribution in [1.82, 2.24) is 0 Å². The van der Waals surface area contributed by atoms with Gasteiger partial charge in [0.2, 0.25) is 0 Å². The highest BCUT2D eigenvalue weighted by atomic mass is 19.3. The van der Waals surface area contributed by atoms with Crippen LogP contribution in [-0.4, -0.2) is 6.61 Å². The number of nitrogen functional groups attached to an aromatic ring is 1. The first-order valence-electron chi connectivity index (χ1n) is 4.22. The number of benzene rings is 1. The van der Waals surface area contributed by atoms with Crippen LogP contribution in [0.15, 0.2) is 18.2 Å². The van der Waals surface area contributed by atoms with Crippen molar-refractivity contribution in [3.8, 4) is 5.75 Å². The first kappa shape index (κ1) is 10.7. The molecule has 0 aliphatic rings. The lowest BCUT2D eigenvalue weighted by Gasteiger charge is -2.13. The lowest BCUT2D eigenvalue weighted by atomic mass is 10.1. The number of ether oxygens (including phenoxy) is 1. The molecule has 5 heteroatoms. The van der Waals surface area contributed by atoms with Gasteiger partial charge >= 0.3 is 6.61 Å². The predicted molar refractivity (Wildman–Crippen MR) is 50.3 cm³/mol. The lowest BCUT2D eigenvalue weighted by molar-refractivity contribution is -0.0499. The van der Waals surface area contributed by atoms with Gasteiger partial charge in [-0.2, -0.15) is 8.78 Å². The van der Waals surface area contributed by atoms with Gasteiger partial charge in [0.25, 0.3) is 0 Å². The molecule has 3 nitrogen and oxygen atoms in total. The number of rotatable bonds is 4. The molecule has 0 saturated carbocycles. The molecule has 0 fully saturated rings. The first-order valence-corrected chi connectivity index (χ1v) is 4.22. The van der Waals surface area contributed by atoms with E-state index in [9.17, 15) is 8.78 Å². The molecule has 3 N–H and O–H groups in total. The zero-order chi connectivity index (χ0) is 10.6. The topological polar surface area (TPSA) is 47.3 Å². The number of nitrogens with one attached hydrogen (secondary N) is 1. The van der Waals surface area contributed by atoms with Gasteiger partial charge < -0.3 is 10.2 Å². The molecule has 0 aliphatic heterocycles. The van der Waals surface area contributed by atoms with Crippen LogP contribution in [0, 0.1) is 0 Å². The van der Waals surface area contributed by atoms with Crippen molar-refractivity contribution in [2.24, 2.45) is 5.84 Å². The molecule has 0 spiro atoms. The summed E-state index contributed by atoms with van der Waals surface area (Å²) in [7, 11) is 0. The van der Waals surface area contributed by atoms with Crippen molar-refractivity contribution in [1.29, 1.82) is 0 Å². The number of alkyl halides is 2. The van der Waals surface area contributed by atoms with Crippen LogP contribution < -0.4 is 16.0 Å². The van der Waals surface area contributed by atoms with Crippen molar-refractivity contribution < 1.29 is 13.5 Å². The second kappa shape index (κ2) is 4.76. The molecule has 14 heavy (non-hydrogen) atoms. The summed E-state index contributed by atoms with van der Waals surface area (Å²) in [6, 6.07) is 5.03. The van der Waals surface area contributed by atoms with Gasteiger partial charge in [0.1, 0.15) is 0 Å². The van der Waals surface area contributed by atoms with E-state index in [1.807, 2.05) is 6.92 Å². The standard InChI is InChI=1S/C9H12F2N2O/c1-2-6-4-3-5-7(13-12)8(6)14-9(10)11/h3-5,9,13H,2,12H2,1H3. The van der Waals surface area contributed by atoms with Gasteiger partial charge in [-0.15, -0.1) is 0 Å². The van der Waals surface area contributed by atoms with Crippen LogP contribution in [0.1, 0.15) is 12.5 Å². The smallest absolute Gasteiger partial charge is 0.387 e. The normalized spacial score (nSPS) is 10.4. The van der Waals surface area contributed by atoms with E-state index in [0.29, 0.717) is 17.7 Å². The second-order valence-electron chi connectivity index (χ2n) is 2.67. The molecule has 0 heterocycles. The Morgan fingerprint density at radius 1 is 1.50 bits per heavy atom. The summed E-state index contributed by atoms with van der Waals surface area (Å²) < 4.78 is 28.5. The number of hydrogen-bond acceptors (Lipinski definition) is 3. The van der Waals surface area contributed by atoms with E-state index in [1.54, 1.807) is 18.2 Å². The number of aryl methyl sites for hydroxylation is 1. The van der Waals surface area contributed by atoms with Crippen LogP contribution in [0.2, 0.25) is 0 Å². The fourth-order valence-corrected chi connectivity index (χ4v) is 1.21. The summed E-state index contributed by atoms with van der Waals surface area (Å²) in [5.74, 6) is 5.29. The van der Waals surface area contributed by atoms with Gasteiger partial charge in [-0.1, -0.05) is 19.1 Å². The highest BCUT2D eigenvalue weighted by Gasteiger charge is 2.12. The highest BCUT2D eigenvalue weighted by Crippen LogP contribution is 2.29. The molecule has 1 rings (SSSR count). The number of nitrogens with two attached hydrogens (primary N) is 1. The third kappa shape index (κ3) is 2.32. The van der Waals surface area contributed by atoms with Gasteiger partial charge in [-0.05, 0) is 18.1 Å². The van der Waals surface area contributed by atoms with E-state index in [-0.39, 0.29) is 5.75 Å². The highest BCUT2D eigenvalue weighted by molar-refractivity contribution is 5.59. The van der Waals surface area contributed by atoms with Crippen molar-refractivity contribution in [3.63, 3.8) is 0 Å². The number of hydrogen-bond donors (Lipinski definition) is 2. The maximum absolute atomic E-state index is 12.1. The Balaban J connectivity index is 3.05. The van der Waals surface area contributed by atoms with Crippen LogP contribution in [0.5, 0.6) is 5.75 Å². The van der Waals surface area contributed by atoms with E-state index in [2.05, 4.69) is 10.2 Å². The molecule has 0 amide bonds. The van der Waals surface area contributed by atoms with Gasteiger partial charge in [-0.3, -0.25) is 5.84 Å². The molecule has 1 aromatic rings.